The van der Waals surface area contributed by atoms with Gasteiger partial charge in [0.05, 0.1) is 12.1 Å². The van der Waals surface area contributed by atoms with E-state index in [4.69, 9.17) is 5.11 Å². The van der Waals surface area contributed by atoms with Gasteiger partial charge in [-0.25, -0.2) is 4.98 Å². The Morgan fingerprint density at radius 3 is 2.85 bits per heavy atom. The molecule has 0 aliphatic carbocycles. The second-order valence-electron chi connectivity index (χ2n) is 4.62. The molecule has 0 spiro atoms. The molecule has 0 saturated heterocycles. The topological polar surface area (TPSA) is 83.7 Å². The Hall–Kier alpha value is -2.37. The first-order valence-corrected chi connectivity index (χ1v) is 6.48. The van der Waals surface area contributed by atoms with E-state index in [0.717, 1.165) is 17.0 Å². The maximum atomic E-state index is 11.4. The van der Waals surface area contributed by atoms with Crippen LogP contribution in [0.3, 0.4) is 0 Å². The summed E-state index contributed by atoms with van der Waals surface area (Å²) >= 11 is 0. The van der Waals surface area contributed by atoms with Crippen molar-refractivity contribution in [3.8, 4) is 0 Å². The Balaban J connectivity index is 1.85. The van der Waals surface area contributed by atoms with Gasteiger partial charge in [-0.3, -0.25) is 9.59 Å². The molecule has 20 heavy (non-hydrogen) atoms. The maximum absolute atomic E-state index is 11.4. The number of carbonyl (C=O) groups excluding carboxylic acids is 1. The molecule has 0 unspecified atom stereocenters. The van der Waals surface area contributed by atoms with Crippen LogP contribution in [0.2, 0.25) is 0 Å². The molecule has 2 rings (SSSR count). The molecule has 6 nitrogen and oxygen atoms in total. The minimum atomic E-state index is -0.962. The number of carbonyl (C=O) groups is 2. The number of amides is 1. The first-order valence-electron chi connectivity index (χ1n) is 6.48. The van der Waals surface area contributed by atoms with E-state index < -0.39 is 5.97 Å². The van der Waals surface area contributed by atoms with E-state index in [1.807, 2.05) is 35.7 Å². The number of rotatable bonds is 6. The number of fused-ring (bicyclic) bond motifs is 1. The zero-order valence-corrected chi connectivity index (χ0v) is 11.3. The van der Waals surface area contributed by atoms with Crippen molar-refractivity contribution in [1.82, 2.24) is 14.7 Å². The SMILES string of the molecule is Cc1cccc2nc(CCNC(=O)CCC(=O)O)cn12. The predicted molar refractivity (Wildman–Crippen MR) is 73.5 cm³/mol. The molecule has 0 radical (unpaired) electrons. The Labute approximate surface area is 116 Å². The van der Waals surface area contributed by atoms with Gasteiger partial charge in [-0.05, 0) is 19.1 Å². The molecule has 0 bridgehead atoms. The standard InChI is InChI=1S/C14H17N3O3/c1-10-3-2-4-12-16-11(9-17(10)12)7-8-15-13(18)5-6-14(19)20/h2-4,9H,5-8H2,1H3,(H,15,18)(H,19,20). The molecule has 0 fully saturated rings. The fourth-order valence-corrected chi connectivity index (χ4v) is 1.96. The number of nitrogens with one attached hydrogen (secondary N) is 1. The monoisotopic (exact) mass is 275 g/mol. The lowest BCUT2D eigenvalue weighted by molar-refractivity contribution is -0.138. The molecule has 2 aromatic rings. The van der Waals surface area contributed by atoms with E-state index in [2.05, 4.69) is 10.3 Å². The van der Waals surface area contributed by atoms with Crippen LogP contribution in [-0.2, 0) is 16.0 Å². The predicted octanol–water partition coefficient (Wildman–Crippen LogP) is 1.17. The van der Waals surface area contributed by atoms with E-state index in [-0.39, 0.29) is 18.7 Å². The molecule has 0 aliphatic rings. The summed E-state index contributed by atoms with van der Waals surface area (Å²) in [5.41, 5.74) is 2.89. The van der Waals surface area contributed by atoms with Crippen molar-refractivity contribution in [2.75, 3.05) is 6.54 Å². The summed E-state index contributed by atoms with van der Waals surface area (Å²) in [4.78, 5) is 26.2. The molecule has 0 aliphatic heterocycles. The highest BCUT2D eigenvalue weighted by Crippen LogP contribution is 2.08. The summed E-state index contributed by atoms with van der Waals surface area (Å²) < 4.78 is 2.00. The highest BCUT2D eigenvalue weighted by atomic mass is 16.4. The van der Waals surface area contributed by atoms with Crippen LogP contribution >= 0.6 is 0 Å². The zero-order valence-electron chi connectivity index (χ0n) is 11.3. The van der Waals surface area contributed by atoms with Gasteiger partial charge < -0.3 is 14.8 Å². The average molecular weight is 275 g/mol. The number of imidazole rings is 1. The number of nitrogens with zero attached hydrogens (tertiary/aromatic N) is 2. The smallest absolute Gasteiger partial charge is 0.303 e. The molecule has 2 N–H and O–H groups in total. The van der Waals surface area contributed by atoms with E-state index in [9.17, 15) is 9.59 Å². The second kappa shape index (κ2) is 6.18. The van der Waals surface area contributed by atoms with Crippen molar-refractivity contribution in [3.63, 3.8) is 0 Å². The Morgan fingerprint density at radius 2 is 2.15 bits per heavy atom. The van der Waals surface area contributed by atoms with Crippen LogP contribution in [0.1, 0.15) is 24.2 Å². The largest absolute Gasteiger partial charge is 0.481 e. The number of aliphatic carboxylic acids is 1. The molecular weight excluding hydrogens is 258 g/mol. The van der Waals surface area contributed by atoms with Crippen molar-refractivity contribution in [2.24, 2.45) is 0 Å². The minimum absolute atomic E-state index is 0.0135. The zero-order chi connectivity index (χ0) is 14.5. The van der Waals surface area contributed by atoms with Crippen molar-refractivity contribution in [2.45, 2.75) is 26.2 Å². The molecule has 0 atom stereocenters. The van der Waals surface area contributed by atoms with Crippen LogP contribution in [0, 0.1) is 6.92 Å². The van der Waals surface area contributed by atoms with Gasteiger partial charge in [-0.15, -0.1) is 0 Å². The highest BCUT2D eigenvalue weighted by Gasteiger charge is 2.06. The van der Waals surface area contributed by atoms with Gasteiger partial charge >= 0.3 is 5.97 Å². The normalized spacial score (nSPS) is 10.7. The number of hydrogen-bond acceptors (Lipinski definition) is 3. The molecule has 2 heterocycles. The Morgan fingerprint density at radius 1 is 1.35 bits per heavy atom. The molecule has 1 amide bonds. The number of hydrogen-bond donors (Lipinski definition) is 2. The third-order valence-corrected chi connectivity index (χ3v) is 3.02. The van der Waals surface area contributed by atoms with Crippen LogP contribution in [-0.4, -0.2) is 32.9 Å². The summed E-state index contributed by atoms with van der Waals surface area (Å²) in [7, 11) is 0. The Bertz CT molecular complexity index is 634. The quantitative estimate of drug-likeness (QED) is 0.828. The number of aryl methyl sites for hydroxylation is 1. The summed E-state index contributed by atoms with van der Waals surface area (Å²) in [6.45, 7) is 2.47. The van der Waals surface area contributed by atoms with Crippen molar-refractivity contribution < 1.29 is 14.7 Å². The van der Waals surface area contributed by atoms with Crippen molar-refractivity contribution in [1.29, 1.82) is 0 Å². The lowest BCUT2D eigenvalue weighted by Crippen LogP contribution is -2.26. The van der Waals surface area contributed by atoms with Gasteiger partial charge in [0.1, 0.15) is 5.65 Å². The second-order valence-corrected chi connectivity index (χ2v) is 4.62. The van der Waals surface area contributed by atoms with Crippen LogP contribution in [0.25, 0.3) is 5.65 Å². The van der Waals surface area contributed by atoms with Gasteiger partial charge in [0, 0.05) is 31.3 Å². The van der Waals surface area contributed by atoms with Gasteiger partial charge in [0.15, 0.2) is 0 Å². The summed E-state index contributed by atoms with van der Waals surface area (Å²) in [5.74, 6) is -1.21. The van der Waals surface area contributed by atoms with E-state index in [0.29, 0.717) is 13.0 Å². The summed E-state index contributed by atoms with van der Waals surface area (Å²) in [5, 5.41) is 11.2. The van der Waals surface area contributed by atoms with Gasteiger partial charge in [0.2, 0.25) is 5.91 Å². The number of pyridine rings is 1. The Kier molecular flexibility index (Phi) is 4.34. The van der Waals surface area contributed by atoms with E-state index in [1.54, 1.807) is 0 Å². The van der Waals surface area contributed by atoms with Crippen LogP contribution in [0.5, 0.6) is 0 Å². The van der Waals surface area contributed by atoms with Gasteiger partial charge in [-0.2, -0.15) is 0 Å². The highest BCUT2D eigenvalue weighted by molar-refractivity contribution is 5.80. The molecule has 106 valence electrons. The number of carboxylic acid groups (broad SMARTS) is 1. The van der Waals surface area contributed by atoms with Gasteiger partial charge in [-0.1, -0.05) is 6.07 Å². The van der Waals surface area contributed by atoms with Crippen LogP contribution in [0.15, 0.2) is 24.4 Å². The number of aromatic nitrogens is 2. The molecule has 2 aromatic heterocycles. The molecule has 0 saturated carbocycles. The van der Waals surface area contributed by atoms with Gasteiger partial charge in [0.25, 0.3) is 0 Å². The lowest BCUT2D eigenvalue weighted by atomic mass is 10.3. The average Bonchev–Trinajstić information content (AvgIpc) is 2.81. The summed E-state index contributed by atoms with van der Waals surface area (Å²) in [6.07, 6.45) is 2.45. The molecular formula is C14H17N3O3. The first kappa shape index (κ1) is 14.0. The van der Waals surface area contributed by atoms with Crippen LogP contribution < -0.4 is 5.32 Å². The van der Waals surface area contributed by atoms with Crippen molar-refractivity contribution >= 4 is 17.5 Å². The van der Waals surface area contributed by atoms with E-state index >= 15 is 0 Å². The maximum Gasteiger partial charge on any atom is 0.303 e. The molecule has 0 aromatic carbocycles. The minimum Gasteiger partial charge on any atom is -0.481 e. The third kappa shape index (κ3) is 3.57. The number of carboxylic acids is 1. The lowest BCUT2D eigenvalue weighted by Gasteiger charge is -2.02. The third-order valence-electron chi connectivity index (χ3n) is 3.02. The van der Waals surface area contributed by atoms with Crippen molar-refractivity contribution in [3.05, 3.63) is 35.8 Å². The van der Waals surface area contributed by atoms with Crippen LogP contribution in [0.4, 0.5) is 0 Å². The first-order chi connectivity index (χ1) is 9.56. The fourth-order valence-electron chi connectivity index (χ4n) is 1.96. The fraction of sp³-hybridized carbons (Fsp3) is 0.357. The van der Waals surface area contributed by atoms with E-state index in [1.165, 1.54) is 0 Å². The molecule has 6 heteroatoms. The summed E-state index contributed by atoms with van der Waals surface area (Å²) in [6, 6.07) is 5.89.